The van der Waals surface area contributed by atoms with Crippen molar-refractivity contribution in [1.82, 2.24) is 4.98 Å². The Hall–Kier alpha value is -0.960. The van der Waals surface area contributed by atoms with Crippen molar-refractivity contribution >= 4 is 22.9 Å². The van der Waals surface area contributed by atoms with Gasteiger partial charge in [0.25, 0.3) is 5.22 Å². The van der Waals surface area contributed by atoms with Crippen molar-refractivity contribution in [2.45, 2.75) is 19.1 Å². The number of para-hydroxylation sites is 2. The molecule has 0 saturated heterocycles. The summed E-state index contributed by atoms with van der Waals surface area (Å²) in [5.41, 5.74) is 1.79. The second kappa shape index (κ2) is 4.92. The van der Waals surface area contributed by atoms with E-state index in [1.165, 1.54) is 11.8 Å². The van der Waals surface area contributed by atoms with Crippen LogP contribution in [0.2, 0.25) is 0 Å². The van der Waals surface area contributed by atoms with Crippen molar-refractivity contribution in [1.29, 1.82) is 0 Å². The zero-order chi connectivity index (χ0) is 9.68. The van der Waals surface area contributed by atoms with Gasteiger partial charge in [-0.15, -0.1) is 0 Å². The quantitative estimate of drug-likeness (QED) is 0.650. The molecule has 13 heavy (non-hydrogen) atoms. The zero-order valence-electron chi connectivity index (χ0n) is 8.07. The maximum absolute atomic E-state index is 5.37. The van der Waals surface area contributed by atoms with Crippen LogP contribution in [0.5, 0.6) is 0 Å². The summed E-state index contributed by atoms with van der Waals surface area (Å²) in [4.78, 5) is 4.23. The molecule has 3 heteroatoms. The van der Waals surface area contributed by atoms with Gasteiger partial charge in [-0.2, -0.15) is 0 Å². The van der Waals surface area contributed by atoms with Gasteiger partial charge in [0.05, 0.1) is 0 Å². The van der Waals surface area contributed by atoms with E-state index in [1.54, 1.807) is 0 Å². The summed E-state index contributed by atoms with van der Waals surface area (Å²) in [6, 6.07) is 7.76. The molecule has 1 aromatic carbocycles. The zero-order valence-corrected chi connectivity index (χ0v) is 8.89. The lowest BCUT2D eigenvalue weighted by Gasteiger charge is -1.80. The van der Waals surface area contributed by atoms with Crippen LogP contribution in [0.15, 0.2) is 33.9 Å². The predicted molar refractivity (Wildman–Crippen MR) is 57.1 cm³/mol. The first-order chi connectivity index (χ1) is 6.40. The van der Waals surface area contributed by atoms with E-state index in [0.29, 0.717) is 0 Å². The molecule has 1 aromatic heterocycles. The van der Waals surface area contributed by atoms with Crippen LogP contribution in [-0.2, 0) is 0 Å². The molecule has 0 unspecified atom stereocenters. The van der Waals surface area contributed by atoms with Gasteiger partial charge >= 0.3 is 0 Å². The number of aromatic nitrogens is 1. The minimum Gasteiger partial charge on any atom is -0.431 e. The molecule has 0 spiro atoms. The van der Waals surface area contributed by atoms with E-state index in [0.717, 1.165) is 16.3 Å². The third-order valence-electron chi connectivity index (χ3n) is 1.45. The van der Waals surface area contributed by atoms with Crippen molar-refractivity contribution in [3.63, 3.8) is 0 Å². The minimum absolute atomic E-state index is 0.728. The third-order valence-corrected chi connectivity index (χ3v) is 1.97. The number of benzene rings is 1. The number of thioether (sulfide) groups is 1. The maximum atomic E-state index is 5.37. The van der Waals surface area contributed by atoms with Gasteiger partial charge < -0.3 is 4.42 Å². The first-order valence-electron chi connectivity index (χ1n) is 4.30. The lowest BCUT2D eigenvalue weighted by atomic mass is 10.3. The standard InChI is InChI=1S/C8H7NOS.C2H6/c1-11-8-9-6-4-2-3-5-7(6)10-8;1-2/h2-5H,1H3;1-2H3. The molecule has 0 aliphatic rings. The van der Waals surface area contributed by atoms with Gasteiger partial charge in [-0.05, 0) is 18.4 Å². The number of nitrogens with zero attached hydrogens (tertiary/aromatic N) is 1. The Morgan fingerprint density at radius 3 is 2.54 bits per heavy atom. The van der Waals surface area contributed by atoms with Crippen LogP contribution in [0.25, 0.3) is 11.1 Å². The Balaban J connectivity index is 0.000000396. The van der Waals surface area contributed by atoms with Crippen LogP contribution in [0.1, 0.15) is 13.8 Å². The van der Waals surface area contributed by atoms with E-state index in [4.69, 9.17) is 4.42 Å². The van der Waals surface area contributed by atoms with Gasteiger partial charge in [0, 0.05) is 0 Å². The first kappa shape index (κ1) is 10.1. The average molecular weight is 195 g/mol. The maximum Gasteiger partial charge on any atom is 0.256 e. The summed E-state index contributed by atoms with van der Waals surface area (Å²) in [7, 11) is 0. The molecule has 0 amide bonds. The first-order valence-corrected chi connectivity index (χ1v) is 5.52. The molecular formula is C10H13NOS. The van der Waals surface area contributed by atoms with Crippen LogP contribution < -0.4 is 0 Å². The van der Waals surface area contributed by atoms with E-state index in [2.05, 4.69) is 4.98 Å². The lowest BCUT2D eigenvalue weighted by molar-refractivity contribution is 0.490. The molecule has 70 valence electrons. The van der Waals surface area contributed by atoms with E-state index >= 15 is 0 Å². The largest absolute Gasteiger partial charge is 0.431 e. The molecule has 0 atom stereocenters. The Labute approximate surface area is 82.4 Å². The molecule has 0 fully saturated rings. The molecule has 2 aromatic rings. The normalized spacial score (nSPS) is 9.46. The molecule has 0 aliphatic carbocycles. The van der Waals surface area contributed by atoms with Crippen molar-refractivity contribution in [2.24, 2.45) is 0 Å². The van der Waals surface area contributed by atoms with Gasteiger partial charge in [0.15, 0.2) is 5.58 Å². The molecule has 1 heterocycles. The number of rotatable bonds is 1. The summed E-state index contributed by atoms with van der Waals surface area (Å²) in [5, 5.41) is 0.728. The van der Waals surface area contributed by atoms with Crippen LogP contribution >= 0.6 is 11.8 Å². The average Bonchev–Trinajstić information content (AvgIpc) is 2.63. The highest BCUT2D eigenvalue weighted by molar-refractivity contribution is 7.98. The highest BCUT2D eigenvalue weighted by atomic mass is 32.2. The molecule has 2 rings (SSSR count). The molecule has 0 bridgehead atoms. The van der Waals surface area contributed by atoms with Crippen LogP contribution in [0.3, 0.4) is 0 Å². The van der Waals surface area contributed by atoms with Crippen molar-refractivity contribution in [3.05, 3.63) is 24.3 Å². The second-order valence-corrected chi connectivity index (χ2v) is 2.91. The summed E-state index contributed by atoms with van der Waals surface area (Å²) in [6.45, 7) is 4.00. The Morgan fingerprint density at radius 1 is 1.23 bits per heavy atom. The Kier molecular flexibility index (Phi) is 3.83. The smallest absolute Gasteiger partial charge is 0.256 e. The van der Waals surface area contributed by atoms with Crippen molar-refractivity contribution in [3.8, 4) is 0 Å². The fourth-order valence-corrected chi connectivity index (χ4v) is 1.30. The van der Waals surface area contributed by atoms with Gasteiger partial charge in [0.2, 0.25) is 0 Å². The van der Waals surface area contributed by atoms with E-state index < -0.39 is 0 Å². The van der Waals surface area contributed by atoms with Crippen molar-refractivity contribution in [2.75, 3.05) is 6.26 Å². The Bertz CT molecular complexity index is 337. The van der Waals surface area contributed by atoms with Gasteiger partial charge in [-0.1, -0.05) is 37.7 Å². The number of fused-ring (bicyclic) bond motifs is 1. The number of hydrogen-bond donors (Lipinski definition) is 0. The van der Waals surface area contributed by atoms with Gasteiger partial charge in [0.1, 0.15) is 5.52 Å². The fraction of sp³-hybridized carbons (Fsp3) is 0.300. The summed E-state index contributed by atoms with van der Waals surface area (Å²) >= 11 is 1.52. The number of oxazole rings is 1. The highest BCUT2D eigenvalue weighted by Crippen LogP contribution is 2.20. The van der Waals surface area contributed by atoms with Crippen molar-refractivity contribution < 1.29 is 4.42 Å². The monoisotopic (exact) mass is 195 g/mol. The topological polar surface area (TPSA) is 26.0 Å². The molecule has 2 nitrogen and oxygen atoms in total. The number of hydrogen-bond acceptors (Lipinski definition) is 3. The van der Waals surface area contributed by atoms with Gasteiger partial charge in [-0.25, -0.2) is 4.98 Å². The summed E-state index contributed by atoms with van der Waals surface area (Å²) in [5.74, 6) is 0. The fourth-order valence-electron chi connectivity index (χ4n) is 0.938. The van der Waals surface area contributed by atoms with E-state index in [1.807, 2.05) is 44.4 Å². The van der Waals surface area contributed by atoms with E-state index in [9.17, 15) is 0 Å². The molecular weight excluding hydrogens is 182 g/mol. The molecule has 0 N–H and O–H groups in total. The SMILES string of the molecule is CC.CSc1nc2ccccc2o1. The van der Waals surface area contributed by atoms with Crippen LogP contribution in [0.4, 0.5) is 0 Å². The molecule has 0 radical (unpaired) electrons. The van der Waals surface area contributed by atoms with Crippen LogP contribution in [0, 0.1) is 0 Å². The van der Waals surface area contributed by atoms with E-state index in [-0.39, 0.29) is 0 Å². The summed E-state index contributed by atoms with van der Waals surface area (Å²) in [6.07, 6.45) is 1.95. The third kappa shape index (κ3) is 2.25. The Morgan fingerprint density at radius 2 is 1.92 bits per heavy atom. The minimum atomic E-state index is 0.728. The summed E-state index contributed by atoms with van der Waals surface area (Å²) < 4.78 is 5.37. The molecule has 0 aliphatic heterocycles. The predicted octanol–water partition coefficient (Wildman–Crippen LogP) is 3.58. The molecule has 0 saturated carbocycles. The second-order valence-electron chi connectivity index (χ2n) is 2.15. The van der Waals surface area contributed by atoms with Gasteiger partial charge in [-0.3, -0.25) is 0 Å². The van der Waals surface area contributed by atoms with Crippen LogP contribution in [-0.4, -0.2) is 11.2 Å². The highest BCUT2D eigenvalue weighted by Gasteiger charge is 2.01. The lowest BCUT2D eigenvalue weighted by Crippen LogP contribution is -1.65.